The Hall–Kier alpha value is -2.71. The highest BCUT2D eigenvalue weighted by molar-refractivity contribution is 7.85. The zero-order valence-corrected chi connectivity index (χ0v) is 12.0. The quantitative estimate of drug-likeness (QED) is 0.441. The summed E-state index contributed by atoms with van der Waals surface area (Å²) in [6.07, 6.45) is 1.49. The minimum absolute atomic E-state index is 0.104. The largest absolute Gasteiger partial charge is 0.478 e. The number of carboxylic acid groups (broad SMARTS) is 1. The average Bonchev–Trinajstić information content (AvgIpc) is 2.47. The highest BCUT2D eigenvalue weighted by Crippen LogP contribution is 2.20. The molecule has 0 fully saturated rings. The Labute approximate surface area is 126 Å². The molecular formula is C14H12N2O5S. The van der Waals surface area contributed by atoms with Gasteiger partial charge < -0.3 is 5.11 Å². The van der Waals surface area contributed by atoms with E-state index in [1.54, 1.807) is 0 Å². The van der Waals surface area contributed by atoms with Gasteiger partial charge in [-0.25, -0.2) is 4.79 Å². The Bertz CT molecular complexity index is 816. The van der Waals surface area contributed by atoms with Crippen LogP contribution in [-0.2, 0) is 10.1 Å². The Kier molecular flexibility index (Phi) is 4.54. The van der Waals surface area contributed by atoms with E-state index in [4.69, 9.17) is 9.66 Å². The van der Waals surface area contributed by atoms with Gasteiger partial charge in [0.15, 0.2) is 0 Å². The summed E-state index contributed by atoms with van der Waals surface area (Å²) in [7, 11) is -4.47. The molecule has 8 heteroatoms. The first-order valence-corrected chi connectivity index (χ1v) is 7.51. The van der Waals surface area contributed by atoms with Crippen LogP contribution >= 0.6 is 0 Å². The molecule has 0 aliphatic carbocycles. The summed E-state index contributed by atoms with van der Waals surface area (Å²) in [5.41, 5.74) is 3.13. The first kappa shape index (κ1) is 15.7. The van der Waals surface area contributed by atoms with Crippen LogP contribution < -0.4 is 5.43 Å². The van der Waals surface area contributed by atoms with E-state index in [0.29, 0.717) is 0 Å². The van der Waals surface area contributed by atoms with Crippen LogP contribution in [0.2, 0.25) is 0 Å². The van der Waals surface area contributed by atoms with Crippen LogP contribution in [0.25, 0.3) is 0 Å². The van der Waals surface area contributed by atoms with Crippen molar-refractivity contribution in [2.24, 2.45) is 5.10 Å². The van der Waals surface area contributed by atoms with Gasteiger partial charge in [-0.05, 0) is 23.8 Å². The summed E-state index contributed by atoms with van der Waals surface area (Å²) in [5.74, 6) is -1.34. The SMILES string of the molecule is O=C(O)c1cc(S(=O)(=O)O)ccc1N/N=C\c1ccccc1. The number of rotatable bonds is 5. The van der Waals surface area contributed by atoms with Crippen molar-refractivity contribution in [3.05, 3.63) is 59.7 Å². The Balaban J connectivity index is 2.28. The van der Waals surface area contributed by atoms with Gasteiger partial charge in [0.1, 0.15) is 0 Å². The van der Waals surface area contributed by atoms with Gasteiger partial charge in [0, 0.05) is 0 Å². The highest BCUT2D eigenvalue weighted by atomic mass is 32.2. The zero-order valence-electron chi connectivity index (χ0n) is 11.2. The lowest BCUT2D eigenvalue weighted by Gasteiger charge is -2.06. The van der Waals surface area contributed by atoms with Gasteiger partial charge in [0.05, 0.1) is 22.4 Å². The van der Waals surface area contributed by atoms with E-state index >= 15 is 0 Å². The predicted octanol–water partition coefficient (Wildman–Crippen LogP) is 2.08. The average molecular weight is 320 g/mol. The maximum absolute atomic E-state index is 11.2. The number of hydrogen-bond donors (Lipinski definition) is 3. The van der Waals surface area contributed by atoms with Crippen molar-refractivity contribution in [2.75, 3.05) is 5.43 Å². The number of carbonyl (C=O) groups is 1. The number of hydrazone groups is 1. The molecular weight excluding hydrogens is 308 g/mol. The van der Waals surface area contributed by atoms with Crippen molar-refractivity contribution in [1.29, 1.82) is 0 Å². The molecule has 2 aromatic carbocycles. The van der Waals surface area contributed by atoms with Crippen LogP contribution in [0.4, 0.5) is 5.69 Å². The van der Waals surface area contributed by atoms with E-state index in [0.717, 1.165) is 17.7 Å². The molecule has 7 nitrogen and oxygen atoms in total. The maximum atomic E-state index is 11.2. The first-order chi connectivity index (χ1) is 10.4. The van der Waals surface area contributed by atoms with Crippen LogP contribution in [0.1, 0.15) is 15.9 Å². The smallest absolute Gasteiger partial charge is 0.337 e. The summed E-state index contributed by atoms with van der Waals surface area (Å²) in [6.45, 7) is 0. The Morgan fingerprint density at radius 2 is 1.82 bits per heavy atom. The van der Waals surface area contributed by atoms with Crippen LogP contribution in [0.3, 0.4) is 0 Å². The molecule has 22 heavy (non-hydrogen) atoms. The van der Waals surface area contributed by atoms with Crippen molar-refractivity contribution in [1.82, 2.24) is 0 Å². The molecule has 0 spiro atoms. The molecule has 0 heterocycles. The van der Waals surface area contributed by atoms with Gasteiger partial charge in [-0.2, -0.15) is 13.5 Å². The summed E-state index contributed by atoms with van der Waals surface area (Å²) in [4.78, 5) is 10.7. The van der Waals surface area contributed by atoms with Crippen LogP contribution in [0, 0.1) is 0 Å². The summed E-state index contributed by atoms with van der Waals surface area (Å²) in [6, 6.07) is 12.3. The van der Waals surface area contributed by atoms with Gasteiger partial charge in [-0.1, -0.05) is 30.3 Å². The summed E-state index contributed by atoms with van der Waals surface area (Å²) in [5, 5.41) is 13.0. The van der Waals surface area contributed by atoms with Crippen molar-refractivity contribution in [2.45, 2.75) is 4.90 Å². The number of hydrogen-bond acceptors (Lipinski definition) is 5. The third-order valence-corrected chi connectivity index (χ3v) is 3.57. The Morgan fingerprint density at radius 3 is 2.41 bits per heavy atom. The molecule has 114 valence electrons. The molecule has 0 bridgehead atoms. The second-order valence-corrected chi connectivity index (χ2v) is 5.69. The number of anilines is 1. The van der Waals surface area contributed by atoms with Crippen LogP contribution in [0.5, 0.6) is 0 Å². The molecule has 2 aromatic rings. The minimum atomic E-state index is -4.47. The second-order valence-electron chi connectivity index (χ2n) is 4.27. The standard InChI is InChI=1S/C14H12N2O5S/c17-14(18)12-8-11(22(19,20)21)6-7-13(12)16-15-9-10-4-2-1-3-5-10/h1-9,16H,(H,17,18)(H,19,20,21)/b15-9-. The molecule has 0 saturated heterocycles. The molecule has 0 aliphatic rings. The number of aromatic carboxylic acids is 1. The zero-order chi connectivity index (χ0) is 16.2. The van der Waals surface area contributed by atoms with Gasteiger partial charge in [0.2, 0.25) is 0 Å². The fourth-order valence-corrected chi connectivity index (χ4v) is 2.18. The normalized spacial score (nSPS) is 11.5. The van der Waals surface area contributed by atoms with E-state index in [1.165, 1.54) is 12.3 Å². The fraction of sp³-hybridized carbons (Fsp3) is 0. The topological polar surface area (TPSA) is 116 Å². The maximum Gasteiger partial charge on any atom is 0.337 e. The van der Waals surface area contributed by atoms with Gasteiger partial charge in [-0.3, -0.25) is 9.98 Å². The number of nitrogens with zero attached hydrogens (tertiary/aromatic N) is 1. The van der Waals surface area contributed by atoms with E-state index in [1.807, 2.05) is 30.3 Å². The van der Waals surface area contributed by atoms with E-state index in [9.17, 15) is 13.2 Å². The van der Waals surface area contributed by atoms with Crippen molar-refractivity contribution >= 4 is 28.0 Å². The van der Waals surface area contributed by atoms with Crippen molar-refractivity contribution < 1.29 is 22.9 Å². The van der Waals surface area contributed by atoms with Gasteiger partial charge >= 0.3 is 5.97 Å². The molecule has 0 amide bonds. The molecule has 0 unspecified atom stereocenters. The Morgan fingerprint density at radius 1 is 1.14 bits per heavy atom. The third kappa shape index (κ3) is 3.90. The van der Waals surface area contributed by atoms with Crippen molar-refractivity contribution in [3.8, 4) is 0 Å². The third-order valence-electron chi connectivity index (χ3n) is 2.72. The van der Waals surface area contributed by atoms with E-state index in [2.05, 4.69) is 10.5 Å². The van der Waals surface area contributed by atoms with Crippen LogP contribution in [-0.4, -0.2) is 30.3 Å². The minimum Gasteiger partial charge on any atom is -0.478 e. The molecule has 3 N–H and O–H groups in total. The molecule has 0 radical (unpaired) electrons. The lowest BCUT2D eigenvalue weighted by Crippen LogP contribution is -2.06. The molecule has 2 rings (SSSR count). The molecule has 0 saturated carbocycles. The molecule has 0 atom stereocenters. The highest BCUT2D eigenvalue weighted by Gasteiger charge is 2.16. The van der Waals surface area contributed by atoms with Crippen LogP contribution in [0.15, 0.2) is 58.5 Å². The number of nitrogens with one attached hydrogen (secondary N) is 1. The number of benzene rings is 2. The molecule has 0 aromatic heterocycles. The van der Waals surface area contributed by atoms with E-state index in [-0.39, 0.29) is 11.3 Å². The number of carboxylic acids is 1. The summed E-state index contributed by atoms with van der Waals surface area (Å²) >= 11 is 0. The van der Waals surface area contributed by atoms with Gasteiger partial charge in [0.25, 0.3) is 10.1 Å². The lowest BCUT2D eigenvalue weighted by atomic mass is 10.2. The lowest BCUT2D eigenvalue weighted by molar-refractivity contribution is 0.0697. The first-order valence-electron chi connectivity index (χ1n) is 6.07. The van der Waals surface area contributed by atoms with E-state index < -0.39 is 21.0 Å². The van der Waals surface area contributed by atoms with Crippen molar-refractivity contribution in [3.63, 3.8) is 0 Å². The monoisotopic (exact) mass is 320 g/mol. The van der Waals surface area contributed by atoms with Gasteiger partial charge in [-0.15, -0.1) is 0 Å². The second kappa shape index (κ2) is 6.37. The predicted molar refractivity (Wildman–Crippen MR) is 80.9 cm³/mol. The fourth-order valence-electron chi connectivity index (χ4n) is 1.67. The summed E-state index contributed by atoms with van der Waals surface area (Å²) < 4.78 is 31.0. The molecule has 0 aliphatic heterocycles.